The molecule has 0 aromatic heterocycles. The van der Waals surface area contributed by atoms with Gasteiger partial charge in [0.05, 0.1) is 6.10 Å². The molecule has 0 heterocycles. The summed E-state index contributed by atoms with van der Waals surface area (Å²) in [4.78, 5) is 0. The minimum Gasteiger partial charge on any atom is -0.382 e. The molecule has 1 aromatic carbocycles. The number of methoxy groups -OCH3 is 1. The number of nitrogens with one attached hydrogen (secondary N) is 1. The van der Waals surface area contributed by atoms with Crippen molar-refractivity contribution in [1.29, 1.82) is 0 Å². The second-order valence-corrected chi connectivity index (χ2v) is 5.42. The number of hydrogen-bond donors (Lipinski definition) is 1. The van der Waals surface area contributed by atoms with Crippen LogP contribution in [0.15, 0.2) is 24.3 Å². The van der Waals surface area contributed by atoms with Crippen molar-refractivity contribution in [1.82, 2.24) is 5.32 Å². The Bertz CT molecular complexity index is 356. The van der Waals surface area contributed by atoms with Crippen LogP contribution >= 0.6 is 0 Å². The van der Waals surface area contributed by atoms with E-state index in [2.05, 4.69) is 36.5 Å². The van der Waals surface area contributed by atoms with E-state index < -0.39 is 0 Å². The van der Waals surface area contributed by atoms with Gasteiger partial charge < -0.3 is 10.1 Å². The van der Waals surface area contributed by atoms with Gasteiger partial charge in [-0.25, -0.2) is 0 Å². The topological polar surface area (TPSA) is 21.3 Å². The molecule has 1 aromatic rings. The first kappa shape index (κ1) is 13.6. The van der Waals surface area contributed by atoms with Crippen LogP contribution < -0.4 is 5.32 Å². The van der Waals surface area contributed by atoms with Crippen LogP contribution in [0.2, 0.25) is 0 Å². The molecule has 0 aliphatic heterocycles. The fourth-order valence-corrected chi connectivity index (χ4v) is 2.59. The second kappa shape index (κ2) is 6.35. The first-order valence-corrected chi connectivity index (χ1v) is 7.04. The Balaban J connectivity index is 2.01. The van der Waals surface area contributed by atoms with Crippen molar-refractivity contribution in [3.8, 4) is 0 Å². The maximum atomic E-state index is 5.35. The van der Waals surface area contributed by atoms with Crippen molar-refractivity contribution < 1.29 is 4.74 Å². The minimum absolute atomic E-state index is 0.286. The van der Waals surface area contributed by atoms with Crippen LogP contribution in [0.1, 0.15) is 55.7 Å². The third-order valence-corrected chi connectivity index (χ3v) is 4.23. The molecule has 2 nitrogen and oxygen atoms in total. The summed E-state index contributed by atoms with van der Waals surface area (Å²) < 4.78 is 5.35. The lowest BCUT2D eigenvalue weighted by Gasteiger charge is -2.26. The van der Waals surface area contributed by atoms with E-state index in [0.717, 1.165) is 12.3 Å². The minimum atomic E-state index is 0.286. The second-order valence-electron chi connectivity index (χ2n) is 5.42. The Kier molecular flexibility index (Phi) is 4.79. The third kappa shape index (κ3) is 3.12. The molecule has 0 amide bonds. The Hall–Kier alpha value is -0.860. The zero-order valence-electron chi connectivity index (χ0n) is 11.8. The molecule has 2 unspecified atom stereocenters. The standard InChI is InChI=1S/C16H25NO/c1-12(18-3)11-16(17-2)15-9-7-14(8-10-15)13-5-4-6-13/h7-10,12-13,16-17H,4-6,11H2,1-3H3. The first-order valence-electron chi connectivity index (χ1n) is 7.04. The maximum Gasteiger partial charge on any atom is 0.0561 e. The van der Waals surface area contributed by atoms with Crippen LogP contribution in [0.5, 0.6) is 0 Å². The lowest BCUT2D eigenvalue weighted by Crippen LogP contribution is -2.22. The van der Waals surface area contributed by atoms with E-state index in [4.69, 9.17) is 4.74 Å². The molecular weight excluding hydrogens is 222 g/mol. The number of rotatable bonds is 6. The maximum absolute atomic E-state index is 5.35. The van der Waals surface area contributed by atoms with Crippen LogP contribution in [0.25, 0.3) is 0 Å². The molecule has 1 N–H and O–H groups in total. The lowest BCUT2D eigenvalue weighted by molar-refractivity contribution is 0.101. The van der Waals surface area contributed by atoms with E-state index in [-0.39, 0.29) is 6.10 Å². The predicted molar refractivity (Wildman–Crippen MR) is 75.9 cm³/mol. The molecule has 1 aliphatic rings. The van der Waals surface area contributed by atoms with Gasteiger partial charge in [-0.1, -0.05) is 30.7 Å². The Morgan fingerprint density at radius 2 is 1.94 bits per heavy atom. The van der Waals surface area contributed by atoms with Crippen molar-refractivity contribution in [2.24, 2.45) is 0 Å². The summed E-state index contributed by atoms with van der Waals surface area (Å²) in [7, 11) is 3.80. The average molecular weight is 247 g/mol. The van der Waals surface area contributed by atoms with E-state index in [1.54, 1.807) is 7.11 Å². The van der Waals surface area contributed by atoms with E-state index in [1.165, 1.54) is 30.4 Å². The van der Waals surface area contributed by atoms with Gasteiger partial charge in [0.2, 0.25) is 0 Å². The highest BCUT2D eigenvalue weighted by Gasteiger charge is 2.20. The molecule has 2 rings (SSSR count). The highest BCUT2D eigenvalue weighted by atomic mass is 16.5. The van der Waals surface area contributed by atoms with Crippen molar-refractivity contribution in [2.45, 2.75) is 50.7 Å². The van der Waals surface area contributed by atoms with Gasteiger partial charge in [-0.15, -0.1) is 0 Å². The molecule has 0 spiro atoms. The van der Waals surface area contributed by atoms with Crippen molar-refractivity contribution in [3.05, 3.63) is 35.4 Å². The molecule has 1 aliphatic carbocycles. The highest BCUT2D eigenvalue weighted by Crippen LogP contribution is 2.36. The first-order chi connectivity index (χ1) is 8.74. The summed E-state index contributed by atoms with van der Waals surface area (Å²) in [6.45, 7) is 2.12. The largest absolute Gasteiger partial charge is 0.382 e. The molecule has 2 heteroatoms. The smallest absolute Gasteiger partial charge is 0.0561 e. The molecular formula is C16H25NO. The zero-order chi connectivity index (χ0) is 13.0. The van der Waals surface area contributed by atoms with Crippen molar-refractivity contribution >= 4 is 0 Å². The average Bonchev–Trinajstić information content (AvgIpc) is 2.34. The van der Waals surface area contributed by atoms with Crippen LogP contribution in [0.4, 0.5) is 0 Å². The molecule has 2 atom stereocenters. The van der Waals surface area contributed by atoms with Gasteiger partial charge in [-0.2, -0.15) is 0 Å². The molecule has 100 valence electrons. The monoisotopic (exact) mass is 247 g/mol. The Labute approximate surface area is 111 Å². The molecule has 0 radical (unpaired) electrons. The van der Waals surface area contributed by atoms with Crippen LogP contribution in [-0.2, 0) is 4.74 Å². The van der Waals surface area contributed by atoms with Gasteiger partial charge in [0, 0.05) is 13.2 Å². The Morgan fingerprint density at radius 3 is 2.39 bits per heavy atom. The summed E-state index contributed by atoms with van der Waals surface area (Å²) in [5.74, 6) is 0.824. The van der Waals surface area contributed by atoms with Gasteiger partial charge >= 0.3 is 0 Å². The normalized spacial score (nSPS) is 19.3. The summed E-state index contributed by atoms with van der Waals surface area (Å²) in [6.07, 6.45) is 5.44. The van der Waals surface area contributed by atoms with Gasteiger partial charge in [-0.3, -0.25) is 0 Å². The molecule has 1 fully saturated rings. The third-order valence-electron chi connectivity index (χ3n) is 4.23. The van der Waals surface area contributed by atoms with Gasteiger partial charge in [0.1, 0.15) is 0 Å². The fourth-order valence-electron chi connectivity index (χ4n) is 2.59. The van der Waals surface area contributed by atoms with E-state index >= 15 is 0 Å². The Morgan fingerprint density at radius 1 is 1.28 bits per heavy atom. The lowest BCUT2D eigenvalue weighted by atomic mass is 9.80. The van der Waals surface area contributed by atoms with Gasteiger partial charge in [0.25, 0.3) is 0 Å². The van der Waals surface area contributed by atoms with E-state index in [1.807, 2.05) is 7.05 Å². The zero-order valence-corrected chi connectivity index (χ0v) is 11.8. The number of hydrogen-bond acceptors (Lipinski definition) is 2. The van der Waals surface area contributed by atoms with Gasteiger partial charge in [-0.05, 0) is 50.3 Å². The molecule has 0 saturated heterocycles. The predicted octanol–water partition coefficient (Wildman–Crippen LogP) is 3.64. The van der Waals surface area contributed by atoms with Gasteiger partial charge in [0.15, 0.2) is 0 Å². The number of ether oxygens (including phenoxy) is 1. The highest BCUT2D eigenvalue weighted by molar-refractivity contribution is 5.28. The molecule has 18 heavy (non-hydrogen) atoms. The molecule has 1 saturated carbocycles. The van der Waals surface area contributed by atoms with E-state index in [0.29, 0.717) is 6.04 Å². The summed E-state index contributed by atoms with van der Waals surface area (Å²) >= 11 is 0. The van der Waals surface area contributed by atoms with Crippen molar-refractivity contribution in [3.63, 3.8) is 0 Å². The number of benzene rings is 1. The fraction of sp³-hybridized carbons (Fsp3) is 0.625. The summed E-state index contributed by atoms with van der Waals surface area (Å²) in [5, 5.41) is 3.38. The summed E-state index contributed by atoms with van der Waals surface area (Å²) in [5.41, 5.74) is 2.88. The van der Waals surface area contributed by atoms with Crippen LogP contribution in [-0.4, -0.2) is 20.3 Å². The van der Waals surface area contributed by atoms with Crippen LogP contribution in [0.3, 0.4) is 0 Å². The van der Waals surface area contributed by atoms with Crippen molar-refractivity contribution in [2.75, 3.05) is 14.2 Å². The SMILES string of the molecule is CNC(CC(C)OC)c1ccc(C2CCC2)cc1. The van der Waals surface area contributed by atoms with E-state index in [9.17, 15) is 0 Å². The molecule has 0 bridgehead atoms. The quantitative estimate of drug-likeness (QED) is 0.828. The van der Waals surface area contributed by atoms with Crippen LogP contribution in [0, 0.1) is 0 Å². The summed E-state index contributed by atoms with van der Waals surface area (Å²) in [6, 6.07) is 9.55.